The van der Waals surface area contributed by atoms with E-state index in [1.165, 1.54) is 13.0 Å². The number of likely N-dealkylation sites (tertiary alicyclic amines) is 1. The summed E-state index contributed by atoms with van der Waals surface area (Å²) in [6.07, 6.45) is 4.79. The van der Waals surface area contributed by atoms with E-state index in [1.54, 1.807) is 24.4 Å². The summed E-state index contributed by atoms with van der Waals surface area (Å²) in [5, 5.41) is 3.15. The molecule has 3 aromatic heterocycles. The maximum Gasteiger partial charge on any atom is 0.221 e. The Morgan fingerprint density at radius 3 is 2.73 bits per heavy atom. The Balaban J connectivity index is 1.10. The van der Waals surface area contributed by atoms with E-state index in [1.807, 2.05) is 18.2 Å². The number of carbonyl (C=O) groups excluding carboxylic acids is 1. The van der Waals surface area contributed by atoms with Gasteiger partial charge in [-0.3, -0.25) is 9.69 Å². The summed E-state index contributed by atoms with van der Waals surface area (Å²) in [6, 6.07) is 12.2. The third-order valence-electron chi connectivity index (χ3n) is 7.67. The van der Waals surface area contributed by atoms with Crippen molar-refractivity contribution in [1.82, 2.24) is 24.4 Å². The predicted octanol–water partition coefficient (Wildman–Crippen LogP) is 5.32. The highest BCUT2D eigenvalue weighted by Gasteiger charge is 2.26. The molecule has 0 aliphatic carbocycles. The minimum absolute atomic E-state index is 0.0892. The van der Waals surface area contributed by atoms with Gasteiger partial charge in [0.1, 0.15) is 23.8 Å². The van der Waals surface area contributed by atoms with Crippen molar-refractivity contribution in [2.45, 2.75) is 57.9 Å². The van der Waals surface area contributed by atoms with Crippen molar-refractivity contribution >= 4 is 34.4 Å². The van der Waals surface area contributed by atoms with Crippen LogP contribution in [0.3, 0.4) is 0 Å². The maximum absolute atomic E-state index is 14.1. The van der Waals surface area contributed by atoms with E-state index in [0.717, 1.165) is 61.6 Å². The summed E-state index contributed by atoms with van der Waals surface area (Å²) in [4.78, 5) is 28.2. The molecule has 2 aliphatic heterocycles. The maximum atomic E-state index is 14.1. The van der Waals surface area contributed by atoms with Gasteiger partial charge in [-0.25, -0.2) is 19.3 Å². The summed E-state index contributed by atoms with van der Waals surface area (Å²) < 4.78 is 27.8. The number of imidazole rings is 1. The number of carbonyl (C=O) groups is 1. The van der Waals surface area contributed by atoms with Crippen LogP contribution in [0, 0.1) is 5.82 Å². The van der Waals surface area contributed by atoms with Gasteiger partial charge >= 0.3 is 0 Å². The van der Waals surface area contributed by atoms with Crippen molar-refractivity contribution in [3.8, 4) is 5.88 Å². The van der Waals surface area contributed by atoms with Crippen LogP contribution < -0.4 is 10.1 Å². The molecule has 1 unspecified atom stereocenters. The zero-order chi connectivity index (χ0) is 28.3. The normalized spacial score (nSPS) is 17.9. The Kier molecular flexibility index (Phi) is 8.13. The molecule has 214 valence electrons. The standard InChI is InChI=1S/C30H32ClFN6O3/c1-19(39)34-23-14-27-30(33-15-23)38(16-24-9-12-40-24)28(35-27)17-37-10-7-20(8-11-37)26-3-2-4-29(36-26)41-18-21-5-6-22(31)13-25(21)32/h2-6,13-15,20,24H,7-12,16-18H2,1H3,(H,34,39). The summed E-state index contributed by atoms with van der Waals surface area (Å²) in [6.45, 7) is 5.58. The first-order chi connectivity index (χ1) is 19.9. The Morgan fingerprint density at radius 1 is 1.17 bits per heavy atom. The summed E-state index contributed by atoms with van der Waals surface area (Å²) in [5.74, 6) is 1.21. The number of benzene rings is 1. The minimum atomic E-state index is -0.390. The second-order valence-electron chi connectivity index (χ2n) is 10.6. The van der Waals surface area contributed by atoms with Gasteiger partial charge in [0.2, 0.25) is 11.8 Å². The van der Waals surface area contributed by atoms with E-state index >= 15 is 0 Å². The van der Waals surface area contributed by atoms with Crippen molar-refractivity contribution in [2.75, 3.05) is 25.0 Å². The lowest BCUT2D eigenvalue weighted by molar-refractivity contribution is -0.114. The van der Waals surface area contributed by atoms with Gasteiger partial charge in [-0.1, -0.05) is 23.7 Å². The van der Waals surface area contributed by atoms with E-state index in [0.29, 0.717) is 41.2 Å². The molecule has 0 bridgehead atoms. The lowest BCUT2D eigenvalue weighted by Gasteiger charge is -2.32. The van der Waals surface area contributed by atoms with Crippen LogP contribution >= 0.6 is 11.6 Å². The third-order valence-corrected chi connectivity index (χ3v) is 7.91. The van der Waals surface area contributed by atoms with Crippen LogP contribution in [0.15, 0.2) is 48.7 Å². The molecule has 2 fully saturated rings. The Morgan fingerprint density at radius 2 is 2.00 bits per heavy atom. The van der Waals surface area contributed by atoms with Gasteiger partial charge in [0.15, 0.2) is 5.65 Å². The fraction of sp³-hybridized carbons (Fsp3) is 0.400. The van der Waals surface area contributed by atoms with E-state index in [2.05, 4.69) is 19.8 Å². The Bertz CT molecular complexity index is 1550. The van der Waals surface area contributed by atoms with Crippen LogP contribution in [-0.2, 0) is 29.2 Å². The van der Waals surface area contributed by atoms with E-state index in [-0.39, 0.29) is 18.6 Å². The first kappa shape index (κ1) is 27.6. The highest BCUT2D eigenvalue weighted by Crippen LogP contribution is 2.30. The van der Waals surface area contributed by atoms with Gasteiger partial charge < -0.3 is 19.4 Å². The second kappa shape index (κ2) is 12.1. The van der Waals surface area contributed by atoms with Gasteiger partial charge in [0, 0.05) is 41.8 Å². The number of anilines is 1. The topological polar surface area (TPSA) is 94.4 Å². The Hall–Kier alpha value is -3.60. The molecule has 1 N–H and O–H groups in total. The molecule has 0 spiro atoms. The highest BCUT2D eigenvalue weighted by atomic mass is 35.5. The predicted molar refractivity (Wildman–Crippen MR) is 153 cm³/mol. The second-order valence-corrected chi connectivity index (χ2v) is 11.1. The lowest BCUT2D eigenvalue weighted by atomic mass is 9.93. The largest absolute Gasteiger partial charge is 0.473 e. The number of nitrogens with one attached hydrogen (secondary N) is 1. The number of hydrogen-bond donors (Lipinski definition) is 1. The molecule has 6 rings (SSSR count). The molecule has 4 aromatic rings. The highest BCUT2D eigenvalue weighted by molar-refractivity contribution is 6.30. The van der Waals surface area contributed by atoms with Crippen molar-refractivity contribution in [3.63, 3.8) is 0 Å². The fourth-order valence-electron chi connectivity index (χ4n) is 5.39. The quantitative estimate of drug-likeness (QED) is 0.287. The van der Waals surface area contributed by atoms with Gasteiger partial charge in [-0.15, -0.1) is 0 Å². The molecule has 5 heterocycles. The number of piperidine rings is 1. The lowest BCUT2D eigenvalue weighted by Crippen LogP contribution is -2.35. The monoisotopic (exact) mass is 578 g/mol. The molecule has 2 aliphatic rings. The van der Waals surface area contributed by atoms with Crippen LogP contribution in [0.1, 0.15) is 49.2 Å². The SMILES string of the molecule is CC(=O)Nc1cnc2c(c1)nc(CN1CCC(c3cccc(OCc4ccc(Cl)cc4F)n3)CC1)n2CC1CCO1. The number of amides is 1. The van der Waals surface area contributed by atoms with Crippen molar-refractivity contribution in [2.24, 2.45) is 0 Å². The van der Waals surface area contributed by atoms with Crippen molar-refractivity contribution < 1.29 is 18.7 Å². The number of pyridine rings is 2. The van der Waals surface area contributed by atoms with Gasteiger partial charge in [0.05, 0.1) is 31.1 Å². The first-order valence-electron chi connectivity index (χ1n) is 13.9. The van der Waals surface area contributed by atoms with E-state index < -0.39 is 5.82 Å². The number of aromatic nitrogens is 4. The number of hydrogen-bond acceptors (Lipinski definition) is 7. The fourth-order valence-corrected chi connectivity index (χ4v) is 5.55. The Labute approximate surface area is 242 Å². The average Bonchev–Trinajstić information content (AvgIpc) is 3.26. The smallest absolute Gasteiger partial charge is 0.221 e. The molecule has 1 amide bonds. The van der Waals surface area contributed by atoms with Crippen LogP contribution in [-0.4, -0.2) is 56.1 Å². The van der Waals surface area contributed by atoms with Crippen LogP contribution in [0.4, 0.5) is 10.1 Å². The number of rotatable bonds is 9. The molecule has 9 nitrogen and oxygen atoms in total. The molecule has 2 saturated heterocycles. The molecular formula is C30H32ClFN6O3. The van der Waals surface area contributed by atoms with Crippen molar-refractivity contribution in [1.29, 1.82) is 0 Å². The number of fused-ring (bicyclic) bond motifs is 1. The molecule has 41 heavy (non-hydrogen) atoms. The molecule has 0 radical (unpaired) electrons. The number of nitrogens with zero attached hydrogens (tertiary/aromatic N) is 5. The summed E-state index contributed by atoms with van der Waals surface area (Å²) in [7, 11) is 0. The molecule has 1 aromatic carbocycles. The summed E-state index contributed by atoms with van der Waals surface area (Å²) >= 11 is 5.85. The van der Waals surface area contributed by atoms with Crippen LogP contribution in [0.2, 0.25) is 5.02 Å². The van der Waals surface area contributed by atoms with Crippen LogP contribution in [0.5, 0.6) is 5.88 Å². The van der Waals surface area contributed by atoms with Gasteiger partial charge in [-0.2, -0.15) is 0 Å². The van der Waals surface area contributed by atoms with Crippen molar-refractivity contribution in [3.05, 3.63) is 76.6 Å². The van der Waals surface area contributed by atoms with E-state index in [9.17, 15) is 9.18 Å². The number of ether oxygens (including phenoxy) is 2. The molecule has 11 heteroatoms. The average molecular weight is 579 g/mol. The van der Waals surface area contributed by atoms with Crippen LogP contribution in [0.25, 0.3) is 11.2 Å². The molecule has 0 saturated carbocycles. The van der Waals surface area contributed by atoms with Gasteiger partial charge in [-0.05, 0) is 56.6 Å². The zero-order valence-corrected chi connectivity index (χ0v) is 23.6. The third kappa shape index (κ3) is 6.50. The zero-order valence-electron chi connectivity index (χ0n) is 22.9. The minimum Gasteiger partial charge on any atom is -0.473 e. The first-order valence-corrected chi connectivity index (χ1v) is 14.3. The molecular weight excluding hydrogens is 547 g/mol. The van der Waals surface area contributed by atoms with E-state index in [4.69, 9.17) is 31.0 Å². The molecule has 1 atom stereocenters. The number of halogens is 2. The summed E-state index contributed by atoms with van der Waals surface area (Å²) in [5.41, 5.74) is 3.63. The van der Waals surface area contributed by atoms with Gasteiger partial charge in [0.25, 0.3) is 0 Å².